The minimum atomic E-state index is 0.649. The predicted octanol–water partition coefficient (Wildman–Crippen LogP) is 1.87. The number of morpholine rings is 1. The van der Waals surface area contributed by atoms with Crippen LogP contribution in [0.25, 0.3) is 0 Å². The van der Waals surface area contributed by atoms with Crippen LogP contribution in [-0.4, -0.2) is 69.5 Å². The summed E-state index contributed by atoms with van der Waals surface area (Å²) < 4.78 is 16.3. The van der Waals surface area contributed by atoms with Gasteiger partial charge in [0.2, 0.25) is 0 Å². The van der Waals surface area contributed by atoms with Crippen molar-refractivity contribution in [2.75, 3.05) is 53.6 Å². The normalized spacial score (nSPS) is 20.7. The van der Waals surface area contributed by atoms with Crippen molar-refractivity contribution in [3.05, 3.63) is 22.7 Å². The monoisotopic (exact) mass is 326 g/mol. The van der Waals surface area contributed by atoms with E-state index in [1.165, 1.54) is 0 Å². The summed E-state index contributed by atoms with van der Waals surface area (Å²) in [5.74, 6) is 1.47. The highest BCUT2D eigenvalue weighted by Gasteiger charge is 2.33. The molecule has 2 aliphatic heterocycles. The number of hydrogen-bond donors (Lipinski definition) is 0. The van der Waals surface area contributed by atoms with Crippen molar-refractivity contribution < 1.29 is 14.2 Å². The van der Waals surface area contributed by atoms with Gasteiger partial charge in [0.05, 0.1) is 27.4 Å². The number of halogens is 1. The molecule has 2 fully saturated rings. The Morgan fingerprint density at radius 2 is 1.91 bits per heavy atom. The molecule has 0 saturated carbocycles. The van der Waals surface area contributed by atoms with Gasteiger partial charge in [-0.3, -0.25) is 9.80 Å². The van der Waals surface area contributed by atoms with Gasteiger partial charge in [-0.05, 0) is 6.07 Å². The van der Waals surface area contributed by atoms with Crippen molar-refractivity contribution in [3.8, 4) is 11.5 Å². The smallest absolute Gasteiger partial charge is 0.165 e. The molecule has 22 heavy (non-hydrogen) atoms. The van der Waals surface area contributed by atoms with E-state index >= 15 is 0 Å². The largest absolute Gasteiger partial charge is 0.493 e. The maximum atomic E-state index is 6.18. The van der Waals surface area contributed by atoms with E-state index in [1.54, 1.807) is 20.3 Å². The first-order valence-electron chi connectivity index (χ1n) is 7.66. The second-order valence-corrected chi connectivity index (χ2v) is 6.23. The van der Waals surface area contributed by atoms with Gasteiger partial charge in [0, 0.05) is 55.4 Å². The van der Waals surface area contributed by atoms with Crippen LogP contribution in [0.1, 0.15) is 5.56 Å². The Morgan fingerprint density at radius 1 is 1.18 bits per heavy atom. The molecule has 122 valence electrons. The molecule has 2 saturated heterocycles. The summed E-state index contributed by atoms with van der Waals surface area (Å²) in [5.41, 5.74) is 1.08. The molecule has 5 nitrogen and oxygen atoms in total. The van der Waals surface area contributed by atoms with Crippen LogP contribution in [0.15, 0.2) is 12.1 Å². The Labute approximate surface area is 136 Å². The van der Waals surface area contributed by atoms with Gasteiger partial charge in [-0.25, -0.2) is 0 Å². The first kappa shape index (κ1) is 15.9. The molecule has 0 atom stereocenters. The van der Waals surface area contributed by atoms with Crippen LogP contribution in [0.5, 0.6) is 11.5 Å². The van der Waals surface area contributed by atoms with Crippen LogP contribution < -0.4 is 9.47 Å². The van der Waals surface area contributed by atoms with Gasteiger partial charge >= 0.3 is 0 Å². The number of benzene rings is 1. The third-order valence-corrected chi connectivity index (χ3v) is 4.63. The maximum Gasteiger partial charge on any atom is 0.165 e. The van der Waals surface area contributed by atoms with Crippen LogP contribution >= 0.6 is 11.6 Å². The van der Waals surface area contributed by atoms with E-state index < -0.39 is 0 Å². The van der Waals surface area contributed by atoms with Crippen molar-refractivity contribution in [1.82, 2.24) is 9.80 Å². The molecule has 2 aliphatic rings. The van der Waals surface area contributed by atoms with Crippen molar-refractivity contribution in [2.45, 2.75) is 12.6 Å². The van der Waals surface area contributed by atoms with Crippen LogP contribution in [0.3, 0.4) is 0 Å². The summed E-state index contributed by atoms with van der Waals surface area (Å²) in [6.07, 6.45) is 0. The van der Waals surface area contributed by atoms with Crippen molar-refractivity contribution >= 4 is 11.6 Å². The van der Waals surface area contributed by atoms with E-state index in [-0.39, 0.29) is 0 Å². The summed E-state index contributed by atoms with van der Waals surface area (Å²) in [4.78, 5) is 4.93. The molecule has 1 aromatic rings. The average molecular weight is 327 g/mol. The van der Waals surface area contributed by atoms with Crippen molar-refractivity contribution in [3.63, 3.8) is 0 Å². The summed E-state index contributed by atoms with van der Waals surface area (Å²) in [7, 11) is 3.30. The molecule has 0 aliphatic carbocycles. The molecule has 0 radical (unpaired) electrons. The fourth-order valence-electron chi connectivity index (χ4n) is 3.21. The molecule has 3 rings (SSSR count). The number of rotatable bonds is 5. The zero-order chi connectivity index (χ0) is 15.5. The van der Waals surface area contributed by atoms with Crippen LogP contribution in [-0.2, 0) is 11.3 Å². The van der Waals surface area contributed by atoms with Crippen LogP contribution in [0.2, 0.25) is 5.02 Å². The summed E-state index contributed by atoms with van der Waals surface area (Å²) in [6, 6.07) is 4.40. The van der Waals surface area contributed by atoms with Gasteiger partial charge < -0.3 is 14.2 Å². The van der Waals surface area contributed by atoms with Gasteiger partial charge in [0.15, 0.2) is 11.5 Å². The molecule has 2 heterocycles. The fourth-order valence-corrected chi connectivity index (χ4v) is 3.44. The third-order valence-electron chi connectivity index (χ3n) is 4.41. The van der Waals surface area contributed by atoms with Gasteiger partial charge in [-0.2, -0.15) is 0 Å². The minimum absolute atomic E-state index is 0.649. The Bertz CT molecular complexity index is 514. The van der Waals surface area contributed by atoms with Crippen molar-refractivity contribution in [2.24, 2.45) is 0 Å². The Kier molecular flexibility index (Phi) is 5.08. The molecule has 6 heteroatoms. The zero-order valence-corrected chi connectivity index (χ0v) is 13.9. The van der Waals surface area contributed by atoms with Gasteiger partial charge in [-0.15, -0.1) is 0 Å². The molecule has 0 unspecified atom stereocenters. The van der Waals surface area contributed by atoms with Crippen molar-refractivity contribution in [1.29, 1.82) is 0 Å². The average Bonchev–Trinajstić information content (AvgIpc) is 2.50. The second-order valence-electron chi connectivity index (χ2n) is 5.80. The minimum Gasteiger partial charge on any atom is -0.493 e. The first-order valence-corrected chi connectivity index (χ1v) is 8.03. The number of nitrogens with zero attached hydrogens (tertiary/aromatic N) is 2. The highest BCUT2D eigenvalue weighted by atomic mass is 35.5. The number of methoxy groups -OCH3 is 2. The Balaban J connectivity index is 1.61. The highest BCUT2D eigenvalue weighted by Crippen LogP contribution is 2.36. The standard InChI is InChI=1S/C16H23ClN2O3/c1-20-15-8-13(17)7-12(16(15)21-2)9-18-10-14(11-18)19-3-5-22-6-4-19/h7-8,14H,3-6,9-11H2,1-2H3. The first-order chi connectivity index (χ1) is 10.7. The molecule has 0 N–H and O–H groups in total. The van der Waals surface area contributed by atoms with E-state index in [4.69, 9.17) is 25.8 Å². The topological polar surface area (TPSA) is 34.2 Å². The summed E-state index contributed by atoms with van der Waals surface area (Å²) in [5, 5.41) is 0.679. The number of hydrogen-bond acceptors (Lipinski definition) is 5. The lowest BCUT2D eigenvalue weighted by atomic mass is 10.0. The van der Waals surface area contributed by atoms with Gasteiger partial charge in [0.25, 0.3) is 0 Å². The maximum absolute atomic E-state index is 6.18. The number of ether oxygens (including phenoxy) is 3. The van der Waals surface area contributed by atoms with Gasteiger partial charge in [-0.1, -0.05) is 11.6 Å². The quantitative estimate of drug-likeness (QED) is 0.825. The van der Waals surface area contributed by atoms with E-state index in [2.05, 4.69) is 9.80 Å². The number of likely N-dealkylation sites (tertiary alicyclic amines) is 1. The zero-order valence-electron chi connectivity index (χ0n) is 13.2. The van der Waals surface area contributed by atoms with E-state index in [0.717, 1.165) is 57.3 Å². The second kappa shape index (κ2) is 7.04. The Morgan fingerprint density at radius 3 is 2.55 bits per heavy atom. The lowest BCUT2D eigenvalue weighted by molar-refractivity contribution is -0.0345. The van der Waals surface area contributed by atoms with Crippen LogP contribution in [0, 0.1) is 0 Å². The molecule has 0 bridgehead atoms. The molecule has 0 aromatic heterocycles. The SMILES string of the molecule is COc1cc(Cl)cc(CN2CC(N3CCOCC3)C2)c1OC. The molecule has 1 aromatic carbocycles. The van der Waals surface area contributed by atoms with E-state index in [1.807, 2.05) is 6.07 Å². The molecular formula is C16H23ClN2O3. The highest BCUT2D eigenvalue weighted by molar-refractivity contribution is 6.30. The van der Waals surface area contributed by atoms with E-state index in [0.29, 0.717) is 16.8 Å². The molecular weight excluding hydrogens is 304 g/mol. The lowest BCUT2D eigenvalue weighted by Crippen LogP contribution is -2.60. The third kappa shape index (κ3) is 3.33. The Hall–Kier alpha value is -1.01. The fraction of sp³-hybridized carbons (Fsp3) is 0.625. The van der Waals surface area contributed by atoms with E-state index in [9.17, 15) is 0 Å². The predicted molar refractivity (Wildman–Crippen MR) is 86.0 cm³/mol. The summed E-state index contributed by atoms with van der Waals surface area (Å²) in [6.45, 7) is 6.81. The molecule has 0 spiro atoms. The molecule has 0 amide bonds. The van der Waals surface area contributed by atoms with Crippen LogP contribution in [0.4, 0.5) is 0 Å². The van der Waals surface area contributed by atoms with Gasteiger partial charge in [0.1, 0.15) is 0 Å². The lowest BCUT2D eigenvalue weighted by Gasteiger charge is -2.46. The summed E-state index contributed by atoms with van der Waals surface area (Å²) >= 11 is 6.18.